The molecule has 1 aromatic heterocycles. The topological polar surface area (TPSA) is 73.3 Å². The van der Waals surface area contributed by atoms with Crippen LogP contribution < -0.4 is 14.2 Å². The van der Waals surface area contributed by atoms with E-state index in [1.54, 1.807) is 12.4 Å². The van der Waals surface area contributed by atoms with E-state index in [1.807, 2.05) is 48.5 Å². The highest BCUT2D eigenvalue weighted by atomic mass is 28.4. The number of rotatable bonds is 8. The fraction of sp³-hybridized carbons (Fsp3) is 0.433. The average Bonchev–Trinajstić information content (AvgIpc) is 2.79. The number of nitrogens with zero attached hydrogens (tertiary/aromatic N) is 2. The molecule has 0 bridgehead atoms. The minimum Gasteiger partial charge on any atom is -0.544 e. The smallest absolute Gasteiger partial charge is 0.250 e. The van der Waals surface area contributed by atoms with E-state index < -0.39 is 16.6 Å². The monoisotopic (exact) mass is 549 g/mol. The molecule has 0 atom stereocenters. The number of hydrogen-bond donors (Lipinski definition) is 1. The SMILES string of the molecule is CC(C)(C)[Si](C)(C)Oc1ccc(CC(=O)Nc2cnc(-c3ccc(O[Si](C)(C)C(C)(C)C)cc3)cn2)cc1. The Kier molecular flexibility index (Phi) is 8.58. The molecule has 0 aliphatic carbocycles. The molecule has 1 N–H and O–H groups in total. The molecule has 0 aliphatic heterocycles. The fourth-order valence-electron chi connectivity index (χ4n) is 3.18. The van der Waals surface area contributed by atoms with Gasteiger partial charge in [-0.05, 0) is 78.2 Å². The lowest BCUT2D eigenvalue weighted by Gasteiger charge is -2.36. The Morgan fingerprint density at radius 2 is 1.21 bits per heavy atom. The maximum absolute atomic E-state index is 12.6. The van der Waals surface area contributed by atoms with E-state index in [2.05, 4.69) is 83.0 Å². The zero-order valence-electron chi connectivity index (χ0n) is 24.6. The molecule has 0 spiro atoms. The first-order valence-electron chi connectivity index (χ1n) is 13.2. The summed E-state index contributed by atoms with van der Waals surface area (Å²) in [5.41, 5.74) is 2.59. The summed E-state index contributed by atoms with van der Waals surface area (Å²) >= 11 is 0. The van der Waals surface area contributed by atoms with Gasteiger partial charge in [0.25, 0.3) is 0 Å². The minimum atomic E-state index is -1.89. The number of carbonyl (C=O) groups is 1. The van der Waals surface area contributed by atoms with E-state index in [-0.39, 0.29) is 22.4 Å². The first-order chi connectivity index (χ1) is 17.5. The zero-order valence-corrected chi connectivity index (χ0v) is 26.6. The molecular weight excluding hydrogens is 507 g/mol. The maximum atomic E-state index is 12.6. The van der Waals surface area contributed by atoms with Crippen molar-refractivity contribution in [2.75, 3.05) is 5.32 Å². The second-order valence-corrected chi connectivity index (χ2v) is 22.4. The van der Waals surface area contributed by atoms with Crippen LogP contribution in [-0.2, 0) is 11.2 Å². The van der Waals surface area contributed by atoms with Crippen molar-refractivity contribution in [3.63, 3.8) is 0 Å². The third kappa shape index (κ3) is 7.54. The van der Waals surface area contributed by atoms with Crippen molar-refractivity contribution in [1.29, 1.82) is 0 Å². The molecule has 0 radical (unpaired) electrons. The van der Waals surface area contributed by atoms with Crippen molar-refractivity contribution < 1.29 is 13.6 Å². The Morgan fingerprint density at radius 1 is 0.737 bits per heavy atom. The van der Waals surface area contributed by atoms with E-state index in [0.717, 1.165) is 28.3 Å². The number of nitrogens with one attached hydrogen (secondary N) is 1. The summed E-state index contributed by atoms with van der Waals surface area (Å²) < 4.78 is 12.7. The van der Waals surface area contributed by atoms with Gasteiger partial charge in [0.15, 0.2) is 5.82 Å². The van der Waals surface area contributed by atoms with Crippen LogP contribution in [0.25, 0.3) is 11.3 Å². The summed E-state index contributed by atoms with van der Waals surface area (Å²) in [4.78, 5) is 21.5. The van der Waals surface area contributed by atoms with Gasteiger partial charge >= 0.3 is 0 Å². The lowest BCUT2D eigenvalue weighted by molar-refractivity contribution is -0.115. The first-order valence-corrected chi connectivity index (χ1v) is 19.0. The molecule has 1 heterocycles. The van der Waals surface area contributed by atoms with Gasteiger partial charge in [-0.25, -0.2) is 4.98 Å². The van der Waals surface area contributed by atoms with Crippen molar-refractivity contribution in [1.82, 2.24) is 9.97 Å². The molecular formula is C30H43N3O3Si2. The highest BCUT2D eigenvalue weighted by Gasteiger charge is 2.39. The number of aromatic nitrogens is 2. The van der Waals surface area contributed by atoms with Crippen molar-refractivity contribution in [2.45, 2.75) is 84.2 Å². The number of anilines is 1. The Labute approximate surface area is 230 Å². The standard InChI is InChI=1S/C30H43N3O3Si2/c1-29(2,3)37(7,8)35-24-15-11-22(12-16-24)19-28(34)33-27-21-31-26(20-32-27)23-13-17-25(18-14-23)36-38(9,10)30(4,5)6/h11-18,20-21H,19H2,1-10H3,(H,32,33,34). The van der Waals surface area contributed by atoms with Gasteiger partial charge in [-0.15, -0.1) is 0 Å². The molecule has 6 nitrogen and oxygen atoms in total. The van der Waals surface area contributed by atoms with Gasteiger partial charge in [-0.1, -0.05) is 53.7 Å². The molecule has 38 heavy (non-hydrogen) atoms. The quantitative estimate of drug-likeness (QED) is 0.287. The summed E-state index contributed by atoms with van der Waals surface area (Å²) in [5, 5.41) is 3.11. The molecule has 8 heteroatoms. The van der Waals surface area contributed by atoms with Crippen LogP contribution in [-0.4, -0.2) is 32.5 Å². The van der Waals surface area contributed by atoms with Crippen LogP contribution in [0.15, 0.2) is 60.9 Å². The van der Waals surface area contributed by atoms with Crippen molar-refractivity contribution in [3.8, 4) is 22.8 Å². The molecule has 0 saturated carbocycles. The third-order valence-corrected chi connectivity index (χ3v) is 16.4. The van der Waals surface area contributed by atoms with Gasteiger partial charge < -0.3 is 14.2 Å². The highest BCUT2D eigenvalue weighted by molar-refractivity contribution is 6.75. The molecule has 1 amide bonds. The number of hydrogen-bond acceptors (Lipinski definition) is 5. The summed E-state index contributed by atoms with van der Waals surface area (Å²) in [7, 11) is -3.78. The van der Waals surface area contributed by atoms with Crippen molar-refractivity contribution in [3.05, 3.63) is 66.5 Å². The first kappa shape index (κ1) is 29.6. The molecule has 3 aromatic rings. The van der Waals surface area contributed by atoms with Crippen molar-refractivity contribution in [2.24, 2.45) is 0 Å². The fourth-order valence-corrected chi connectivity index (χ4v) is 5.24. The van der Waals surface area contributed by atoms with E-state index in [4.69, 9.17) is 8.85 Å². The van der Waals surface area contributed by atoms with Crippen LogP contribution in [0.4, 0.5) is 5.82 Å². The molecule has 0 saturated heterocycles. The van der Waals surface area contributed by atoms with Gasteiger partial charge in [0.05, 0.1) is 24.5 Å². The normalized spacial score (nSPS) is 12.7. The maximum Gasteiger partial charge on any atom is 0.250 e. The van der Waals surface area contributed by atoms with Crippen LogP contribution in [0.2, 0.25) is 36.3 Å². The lowest BCUT2D eigenvalue weighted by atomic mass is 10.1. The largest absolute Gasteiger partial charge is 0.544 e. The molecule has 204 valence electrons. The van der Waals surface area contributed by atoms with Crippen LogP contribution >= 0.6 is 0 Å². The summed E-state index contributed by atoms with van der Waals surface area (Å²) in [6, 6.07) is 15.7. The molecule has 0 aliphatic rings. The predicted molar refractivity (Wildman–Crippen MR) is 162 cm³/mol. The summed E-state index contributed by atoms with van der Waals surface area (Å²) in [6.07, 6.45) is 3.51. The number of carbonyl (C=O) groups excluding carboxylic acids is 1. The van der Waals surface area contributed by atoms with Gasteiger partial charge in [0, 0.05) is 5.56 Å². The Bertz CT molecular complexity index is 1230. The third-order valence-electron chi connectivity index (χ3n) is 7.72. The van der Waals surface area contributed by atoms with Crippen LogP contribution in [0.3, 0.4) is 0 Å². The van der Waals surface area contributed by atoms with Crippen LogP contribution in [0, 0.1) is 0 Å². The predicted octanol–water partition coefficient (Wildman–Crippen LogP) is 8.09. The van der Waals surface area contributed by atoms with Crippen LogP contribution in [0.1, 0.15) is 47.1 Å². The Morgan fingerprint density at radius 3 is 1.63 bits per heavy atom. The molecule has 0 unspecified atom stereocenters. The Hall–Kier alpha value is -2.98. The minimum absolute atomic E-state index is 0.130. The lowest BCUT2D eigenvalue weighted by Crippen LogP contribution is -2.43. The highest BCUT2D eigenvalue weighted by Crippen LogP contribution is 2.38. The second kappa shape index (κ2) is 11.0. The summed E-state index contributed by atoms with van der Waals surface area (Å²) in [5.74, 6) is 2.00. The number of benzene rings is 2. The second-order valence-electron chi connectivity index (χ2n) is 12.9. The van der Waals surface area contributed by atoms with Gasteiger partial charge in [0.1, 0.15) is 11.5 Å². The summed E-state index contributed by atoms with van der Waals surface area (Å²) in [6.45, 7) is 22.2. The zero-order chi connectivity index (χ0) is 28.4. The molecule has 0 fully saturated rings. The van der Waals surface area contributed by atoms with Gasteiger partial charge in [-0.3, -0.25) is 9.78 Å². The molecule has 2 aromatic carbocycles. The van der Waals surface area contributed by atoms with Crippen LogP contribution in [0.5, 0.6) is 11.5 Å². The van der Waals surface area contributed by atoms with E-state index in [9.17, 15) is 4.79 Å². The number of amides is 1. The van der Waals surface area contributed by atoms with E-state index in [1.165, 1.54) is 0 Å². The van der Waals surface area contributed by atoms with Gasteiger partial charge in [-0.2, -0.15) is 0 Å². The van der Waals surface area contributed by atoms with Crippen molar-refractivity contribution >= 4 is 28.4 Å². The van der Waals surface area contributed by atoms with E-state index >= 15 is 0 Å². The van der Waals surface area contributed by atoms with E-state index in [0.29, 0.717) is 5.82 Å². The molecule has 3 rings (SSSR count). The Balaban J connectivity index is 1.57. The van der Waals surface area contributed by atoms with Gasteiger partial charge in [0.2, 0.25) is 22.5 Å². The average molecular weight is 550 g/mol.